The van der Waals surface area contributed by atoms with Gasteiger partial charge in [-0.1, -0.05) is 0 Å². The van der Waals surface area contributed by atoms with Gasteiger partial charge in [0.05, 0.1) is 4.92 Å². The maximum absolute atomic E-state index is 12.3. The van der Waals surface area contributed by atoms with Crippen LogP contribution in [-0.2, 0) is 10.0 Å². The van der Waals surface area contributed by atoms with Crippen molar-refractivity contribution in [2.45, 2.75) is 50.1 Å². The molecule has 0 bridgehead atoms. The summed E-state index contributed by atoms with van der Waals surface area (Å²) < 4.78 is 28.4. The van der Waals surface area contributed by atoms with E-state index < -0.39 is 14.9 Å². The van der Waals surface area contributed by atoms with Gasteiger partial charge in [0.15, 0.2) is 5.84 Å². The molecule has 0 spiro atoms. The Morgan fingerprint density at radius 2 is 1.91 bits per heavy atom. The van der Waals surface area contributed by atoms with Gasteiger partial charge in [0.1, 0.15) is 4.90 Å². The molecule has 0 aliphatic carbocycles. The van der Waals surface area contributed by atoms with Crippen LogP contribution in [0.4, 0.5) is 5.69 Å². The number of rotatable bonds is 1. The smallest absolute Gasteiger partial charge is 0.285 e. The lowest BCUT2D eigenvalue weighted by Crippen LogP contribution is -2.47. The fourth-order valence-electron chi connectivity index (χ4n) is 3.26. The zero-order chi connectivity index (χ0) is 16.1. The molecule has 1 saturated heterocycles. The van der Waals surface area contributed by atoms with E-state index in [2.05, 4.69) is 4.40 Å². The number of amidine groups is 1. The molecule has 3 rings (SSSR count). The number of nitro groups is 1. The molecule has 0 radical (unpaired) electrons. The van der Waals surface area contributed by atoms with E-state index in [1.807, 2.05) is 18.7 Å². The van der Waals surface area contributed by atoms with E-state index in [0.717, 1.165) is 25.3 Å². The molecular formula is C14H17N3O4S. The average Bonchev–Trinajstić information content (AvgIpc) is 2.70. The quantitative estimate of drug-likeness (QED) is 0.584. The van der Waals surface area contributed by atoms with E-state index >= 15 is 0 Å². The van der Waals surface area contributed by atoms with Crippen LogP contribution in [0, 0.1) is 10.1 Å². The Hall–Kier alpha value is -1.96. The summed E-state index contributed by atoms with van der Waals surface area (Å²) in [6.07, 6.45) is 3.06. The SMILES string of the molecule is C[C@@H]1CCC[C@H](C)N1C1=NS(=O)(=O)c2cc([N+](=O)[O-])ccc21. The zero-order valence-corrected chi connectivity index (χ0v) is 13.2. The van der Waals surface area contributed by atoms with Crippen molar-refractivity contribution in [1.82, 2.24) is 4.90 Å². The standard InChI is InChI=1S/C14H17N3O4S/c1-9-4-3-5-10(2)16(9)14-12-7-6-11(17(18)19)8-13(12)22(20,21)15-14/h6-10H,3-5H2,1-2H3/t9-,10+. The molecule has 0 saturated carbocycles. The first-order valence-electron chi connectivity index (χ1n) is 7.23. The number of piperidine rings is 1. The number of nitro benzene ring substituents is 1. The number of benzene rings is 1. The molecule has 2 aliphatic heterocycles. The van der Waals surface area contributed by atoms with Gasteiger partial charge in [-0.15, -0.1) is 4.40 Å². The van der Waals surface area contributed by atoms with Gasteiger partial charge in [0, 0.05) is 29.8 Å². The monoisotopic (exact) mass is 323 g/mol. The first-order chi connectivity index (χ1) is 10.3. The minimum Gasteiger partial charge on any atom is -0.350 e. The van der Waals surface area contributed by atoms with Crippen LogP contribution in [0.25, 0.3) is 0 Å². The number of hydrogen-bond acceptors (Lipinski definition) is 5. The Bertz CT molecular complexity index is 762. The molecule has 1 aromatic rings. The van der Waals surface area contributed by atoms with Crippen LogP contribution in [0.3, 0.4) is 0 Å². The Morgan fingerprint density at radius 3 is 2.50 bits per heavy atom. The highest BCUT2D eigenvalue weighted by Gasteiger charge is 2.37. The molecular weight excluding hydrogens is 306 g/mol. The van der Waals surface area contributed by atoms with Crippen molar-refractivity contribution < 1.29 is 13.3 Å². The lowest BCUT2D eigenvalue weighted by molar-refractivity contribution is -0.385. The van der Waals surface area contributed by atoms with Gasteiger partial charge in [-0.2, -0.15) is 8.42 Å². The summed E-state index contributed by atoms with van der Waals surface area (Å²) in [5, 5.41) is 10.9. The predicted octanol–water partition coefficient (Wildman–Crippen LogP) is 2.31. The third kappa shape index (κ3) is 2.27. The maximum atomic E-state index is 12.3. The number of hydrogen-bond donors (Lipinski definition) is 0. The largest absolute Gasteiger partial charge is 0.350 e. The molecule has 0 amide bonds. The van der Waals surface area contributed by atoms with Gasteiger partial charge in [-0.3, -0.25) is 10.1 Å². The summed E-state index contributed by atoms with van der Waals surface area (Å²) in [5.74, 6) is 0.421. The second-order valence-corrected chi connectivity index (χ2v) is 7.44. The maximum Gasteiger partial charge on any atom is 0.285 e. The Kier molecular flexibility index (Phi) is 3.43. The second-order valence-electron chi connectivity index (χ2n) is 5.86. The first-order valence-corrected chi connectivity index (χ1v) is 8.67. The van der Waals surface area contributed by atoms with Crippen molar-refractivity contribution in [3.8, 4) is 0 Å². The van der Waals surface area contributed by atoms with E-state index in [-0.39, 0.29) is 22.7 Å². The molecule has 0 unspecified atom stereocenters. The van der Waals surface area contributed by atoms with Crippen molar-refractivity contribution in [2.75, 3.05) is 0 Å². The van der Waals surface area contributed by atoms with Crippen molar-refractivity contribution in [2.24, 2.45) is 4.40 Å². The van der Waals surface area contributed by atoms with Crippen molar-refractivity contribution >= 4 is 21.5 Å². The fourth-order valence-corrected chi connectivity index (χ4v) is 4.49. The van der Waals surface area contributed by atoms with Crippen molar-refractivity contribution in [3.05, 3.63) is 33.9 Å². The second kappa shape index (κ2) is 5.05. The zero-order valence-electron chi connectivity index (χ0n) is 12.4. The Morgan fingerprint density at radius 1 is 1.27 bits per heavy atom. The molecule has 8 heteroatoms. The number of fused-ring (bicyclic) bond motifs is 1. The molecule has 22 heavy (non-hydrogen) atoms. The minimum atomic E-state index is -3.87. The Balaban J connectivity index is 2.12. The highest BCUT2D eigenvalue weighted by atomic mass is 32.2. The van der Waals surface area contributed by atoms with E-state index in [0.29, 0.717) is 11.4 Å². The van der Waals surface area contributed by atoms with Crippen LogP contribution in [0.2, 0.25) is 0 Å². The number of non-ortho nitro benzene ring substituents is 1. The third-order valence-corrected chi connectivity index (χ3v) is 5.65. The van der Waals surface area contributed by atoms with E-state index in [1.54, 1.807) is 0 Å². The molecule has 118 valence electrons. The molecule has 2 heterocycles. The topological polar surface area (TPSA) is 92.9 Å². The van der Waals surface area contributed by atoms with Crippen LogP contribution >= 0.6 is 0 Å². The number of likely N-dealkylation sites (tertiary alicyclic amines) is 1. The molecule has 7 nitrogen and oxygen atoms in total. The first kappa shape index (κ1) is 15.0. The summed E-state index contributed by atoms with van der Waals surface area (Å²) >= 11 is 0. The Labute approximate surface area is 128 Å². The van der Waals surface area contributed by atoms with E-state index in [9.17, 15) is 18.5 Å². The predicted molar refractivity (Wildman–Crippen MR) is 81.4 cm³/mol. The van der Waals surface area contributed by atoms with Crippen molar-refractivity contribution in [3.63, 3.8) is 0 Å². The fraction of sp³-hybridized carbons (Fsp3) is 0.500. The van der Waals surface area contributed by atoms with Crippen molar-refractivity contribution in [1.29, 1.82) is 0 Å². The normalized spacial score (nSPS) is 26.5. The highest BCUT2D eigenvalue weighted by molar-refractivity contribution is 7.90. The summed E-state index contributed by atoms with van der Waals surface area (Å²) in [6, 6.07) is 4.30. The molecule has 2 aliphatic rings. The third-order valence-electron chi connectivity index (χ3n) is 4.34. The molecule has 0 N–H and O–H groups in total. The lowest BCUT2D eigenvalue weighted by atomic mass is 9.96. The average molecular weight is 323 g/mol. The van der Waals surface area contributed by atoms with Gasteiger partial charge < -0.3 is 4.90 Å². The van der Waals surface area contributed by atoms with E-state index in [1.165, 1.54) is 12.1 Å². The van der Waals surface area contributed by atoms with Gasteiger partial charge in [0.2, 0.25) is 0 Å². The minimum absolute atomic E-state index is 0.0679. The summed E-state index contributed by atoms with van der Waals surface area (Å²) in [4.78, 5) is 12.2. The van der Waals surface area contributed by atoms with Gasteiger partial charge in [-0.25, -0.2) is 0 Å². The summed E-state index contributed by atoms with van der Waals surface area (Å²) in [6.45, 7) is 4.10. The molecule has 1 aromatic carbocycles. The molecule has 2 atom stereocenters. The summed E-state index contributed by atoms with van der Waals surface area (Å²) in [7, 11) is -3.87. The lowest BCUT2D eigenvalue weighted by Gasteiger charge is -2.40. The van der Waals surface area contributed by atoms with Crippen LogP contribution < -0.4 is 0 Å². The molecule has 0 aromatic heterocycles. The van der Waals surface area contributed by atoms with Crippen LogP contribution in [0.5, 0.6) is 0 Å². The summed E-state index contributed by atoms with van der Waals surface area (Å²) in [5.41, 5.74) is 0.227. The van der Waals surface area contributed by atoms with Crippen LogP contribution in [0.15, 0.2) is 27.5 Å². The van der Waals surface area contributed by atoms with Crippen LogP contribution in [-0.4, -0.2) is 36.2 Å². The van der Waals surface area contributed by atoms with Gasteiger partial charge in [0.25, 0.3) is 15.7 Å². The number of sulfonamides is 1. The number of nitrogens with zero attached hydrogens (tertiary/aromatic N) is 3. The van der Waals surface area contributed by atoms with Gasteiger partial charge in [-0.05, 0) is 39.2 Å². The molecule has 1 fully saturated rings. The van der Waals surface area contributed by atoms with Crippen LogP contribution in [0.1, 0.15) is 38.7 Å². The van der Waals surface area contributed by atoms with E-state index in [4.69, 9.17) is 0 Å². The van der Waals surface area contributed by atoms with Gasteiger partial charge >= 0.3 is 0 Å². The highest BCUT2D eigenvalue weighted by Crippen LogP contribution is 2.34.